The molecule has 0 spiro atoms. The van der Waals surface area contributed by atoms with Gasteiger partial charge in [-0.1, -0.05) is 0 Å². The minimum atomic E-state index is -0.147. The first-order valence-corrected chi connectivity index (χ1v) is 6.74. The second-order valence-electron chi connectivity index (χ2n) is 4.66. The van der Waals surface area contributed by atoms with E-state index in [0.29, 0.717) is 13.1 Å². The Bertz CT molecular complexity index is 411. The fourth-order valence-corrected chi connectivity index (χ4v) is 2.42. The topological polar surface area (TPSA) is 70.2 Å². The molecule has 19 heavy (non-hydrogen) atoms. The highest BCUT2D eigenvalue weighted by Crippen LogP contribution is 2.21. The lowest BCUT2D eigenvalue weighted by Crippen LogP contribution is -2.58. The Labute approximate surface area is 113 Å². The highest BCUT2D eigenvalue weighted by molar-refractivity contribution is 5.82. The largest absolute Gasteiger partial charge is 0.355 e. The van der Waals surface area contributed by atoms with Gasteiger partial charge in [-0.25, -0.2) is 0 Å². The van der Waals surface area contributed by atoms with E-state index < -0.39 is 0 Å². The molecule has 6 nitrogen and oxygen atoms in total. The molecule has 1 aliphatic heterocycles. The minimum Gasteiger partial charge on any atom is -0.355 e. The first kappa shape index (κ1) is 13.9. The van der Waals surface area contributed by atoms with Crippen molar-refractivity contribution in [3.63, 3.8) is 0 Å². The quantitative estimate of drug-likeness (QED) is 0.797. The van der Waals surface area contributed by atoms with Crippen LogP contribution in [0.2, 0.25) is 0 Å². The van der Waals surface area contributed by atoms with Gasteiger partial charge in [-0.05, 0) is 13.8 Å². The van der Waals surface area contributed by atoms with Crippen molar-refractivity contribution in [3.05, 3.63) is 24.3 Å². The van der Waals surface area contributed by atoms with Gasteiger partial charge in [0.1, 0.15) is 6.04 Å². The molecular weight excluding hydrogens is 242 g/mol. The summed E-state index contributed by atoms with van der Waals surface area (Å²) in [6.07, 6.45) is 5.12. The van der Waals surface area contributed by atoms with Gasteiger partial charge >= 0.3 is 0 Å². The van der Waals surface area contributed by atoms with Crippen LogP contribution in [0.15, 0.2) is 18.6 Å². The molecule has 2 rings (SSSR count). The van der Waals surface area contributed by atoms with Gasteiger partial charge in [0.15, 0.2) is 0 Å². The highest BCUT2D eigenvalue weighted by atomic mass is 16.2. The summed E-state index contributed by atoms with van der Waals surface area (Å²) >= 11 is 0. The zero-order valence-corrected chi connectivity index (χ0v) is 11.5. The number of hydrogen-bond donors (Lipinski definition) is 2. The Morgan fingerprint density at radius 2 is 2.47 bits per heavy atom. The number of aromatic nitrogens is 2. The van der Waals surface area contributed by atoms with E-state index in [2.05, 4.69) is 32.4 Å². The van der Waals surface area contributed by atoms with Crippen molar-refractivity contribution in [1.82, 2.24) is 25.5 Å². The third kappa shape index (κ3) is 3.27. The van der Waals surface area contributed by atoms with Gasteiger partial charge in [0.25, 0.3) is 0 Å². The molecule has 0 aromatic carbocycles. The molecule has 1 saturated heterocycles. The summed E-state index contributed by atoms with van der Waals surface area (Å²) in [5.74, 6) is 0.0745. The smallest absolute Gasteiger partial charge is 0.238 e. The van der Waals surface area contributed by atoms with Crippen molar-refractivity contribution < 1.29 is 4.79 Å². The Balaban J connectivity index is 2.13. The van der Waals surface area contributed by atoms with Crippen molar-refractivity contribution in [2.24, 2.45) is 0 Å². The molecule has 2 unspecified atom stereocenters. The van der Waals surface area contributed by atoms with E-state index in [9.17, 15) is 4.79 Å². The predicted molar refractivity (Wildman–Crippen MR) is 72.5 cm³/mol. The van der Waals surface area contributed by atoms with E-state index in [4.69, 9.17) is 0 Å². The minimum absolute atomic E-state index is 0.0745. The maximum Gasteiger partial charge on any atom is 0.238 e. The van der Waals surface area contributed by atoms with Gasteiger partial charge in [0, 0.05) is 44.8 Å². The highest BCUT2D eigenvalue weighted by Gasteiger charge is 2.32. The monoisotopic (exact) mass is 263 g/mol. The molecule has 0 aliphatic carbocycles. The number of carbonyl (C=O) groups excluding carboxylic acids is 1. The van der Waals surface area contributed by atoms with Crippen molar-refractivity contribution in [1.29, 1.82) is 0 Å². The number of carbonyl (C=O) groups is 1. The van der Waals surface area contributed by atoms with Crippen LogP contribution < -0.4 is 10.6 Å². The lowest BCUT2D eigenvalue weighted by Gasteiger charge is -2.38. The number of likely N-dealkylation sites (N-methyl/N-ethyl adjacent to an activating group) is 1. The second-order valence-corrected chi connectivity index (χ2v) is 4.66. The molecule has 0 saturated carbocycles. The van der Waals surface area contributed by atoms with Crippen LogP contribution in [0.25, 0.3) is 0 Å². The summed E-state index contributed by atoms with van der Waals surface area (Å²) in [6.45, 7) is 7.06. The van der Waals surface area contributed by atoms with E-state index in [0.717, 1.165) is 18.8 Å². The molecule has 0 radical (unpaired) electrons. The summed E-state index contributed by atoms with van der Waals surface area (Å²) in [7, 11) is 0. The number of hydrogen-bond acceptors (Lipinski definition) is 5. The lowest BCUT2D eigenvalue weighted by atomic mass is 10.1. The van der Waals surface area contributed by atoms with Gasteiger partial charge < -0.3 is 10.6 Å². The molecule has 2 atom stereocenters. The van der Waals surface area contributed by atoms with E-state index in [1.165, 1.54) is 0 Å². The van der Waals surface area contributed by atoms with Crippen LogP contribution in [-0.4, -0.2) is 53.0 Å². The molecule has 1 fully saturated rings. The molecule has 0 bridgehead atoms. The number of rotatable bonds is 4. The van der Waals surface area contributed by atoms with E-state index >= 15 is 0 Å². The van der Waals surface area contributed by atoms with Crippen molar-refractivity contribution in [2.75, 3.05) is 26.2 Å². The molecule has 1 aliphatic rings. The van der Waals surface area contributed by atoms with Crippen molar-refractivity contribution in [2.45, 2.75) is 25.9 Å². The number of amides is 1. The normalized spacial score (nSPS) is 21.9. The second kappa shape index (κ2) is 6.58. The third-order valence-corrected chi connectivity index (χ3v) is 3.45. The molecule has 104 valence electrons. The average molecular weight is 263 g/mol. The van der Waals surface area contributed by atoms with Crippen LogP contribution in [0.5, 0.6) is 0 Å². The fraction of sp³-hybridized carbons (Fsp3) is 0.615. The first-order chi connectivity index (χ1) is 9.24. The van der Waals surface area contributed by atoms with E-state index in [1.54, 1.807) is 18.6 Å². The van der Waals surface area contributed by atoms with Gasteiger partial charge in [-0.15, -0.1) is 0 Å². The molecule has 1 aromatic heterocycles. The number of nitrogens with zero attached hydrogens (tertiary/aromatic N) is 3. The van der Waals surface area contributed by atoms with Gasteiger partial charge in [0.05, 0.1) is 11.7 Å². The fourth-order valence-electron chi connectivity index (χ4n) is 2.42. The summed E-state index contributed by atoms with van der Waals surface area (Å²) in [5.41, 5.74) is 0.902. The molecular formula is C13H21N5O. The first-order valence-electron chi connectivity index (χ1n) is 6.74. The summed E-state index contributed by atoms with van der Waals surface area (Å²) < 4.78 is 0. The van der Waals surface area contributed by atoms with Crippen LogP contribution in [0, 0.1) is 0 Å². The maximum absolute atomic E-state index is 12.1. The summed E-state index contributed by atoms with van der Waals surface area (Å²) in [5, 5.41) is 6.17. The molecule has 2 N–H and O–H groups in total. The molecule has 1 aromatic rings. The zero-order valence-electron chi connectivity index (χ0n) is 11.5. The van der Waals surface area contributed by atoms with Crippen molar-refractivity contribution in [3.8, 4) is 0 Å². The van der Waals surface area contributed by atoms with Gasteiger partial charge in [-0.3, -0.25) is 19.7 Å². The average Bonchev–Trinajstić information content (AvgIpc) is 2.47. The van der Waals surface area contributed by atoms with Crippen LogP contribution >= 0.6 is 0 Å². The lowest BCUT2D eigenvalue weighted by molar-refractivity contribution is -0.128. The van der Waals surface area contributed by atoms with Crippen LogP contribution in [0.3, 0.4) is 0 Å². The van der Waals surface area contributed by atoms with Crippen LogP contribution in [-0.2, 0) is 4.79 Å². The molecule has 6 heteroatoms. The Kier molecular flexibility index (Phi) is 4.81. The van der Waals surface area contributed by atoms with Gasteiger partial charge in [0.2, 0.25) is 5.91 Å². The van der Waals surface area contributed by atoms with E-state index in [-0.39, 0.29) is 18.0 Å². The Morgan fingerprint density at radius 1 is 1.63 bits per heavy atom. The third-order valence-electron chi connectivity index (χ3n) is 3.45. The maximum atomic E-state index is 12.1. The predicted octanol–water partition coefficient (Wildman–Crippen LogP) is -0.0525. The van der Waals surface area contributed by atoms with Gasteiger partial charge in [-0.2, -0.15) is 0 Å². The van der Waals surface area contributed by atoms with Crippen molar-refractivity contribution >= 4 is 5.91 Å². The zero-order chi connectivity index (χ0) is 13.7. The standard InChI is InChI=1S/C13H21N5O/c1-3-16-13(19)12-9-15-6-7-18(12)10(2)11-8-14-4-5-17-11/h4-5,8,10,12,15H,3,6-7,9H2,1-2H3,(H,16,19). The van der Waals surface area contributed by atoms with Crippen LogP contribution in [0.1, 0.15) is 25.6 Å². The van der Waals surface area contributed by atoms with Crippen LogP contribution in [0.4, 0.5) is 0 Å². The SMILES string of the molecule is CCNC(=O)C1CNCCN1C(C)c1cnccn1. The van der Waals surface area contributed by atoms with E-state index in [1.807, 2.05) is 6.92 Å². The molecule has 2 heterocycles. The number of piperazine rings is 1. The summed E-state index contributed by atoms with van der Waals surface area (Å²) in [4.78, 5) is 22.7. The molecule has 1 amide bonds. The number of nitrogens with one attached hydrogen (secondary N) is 2. The Hall–Kier alpha value is -1.53. The summed E-state index contributed by atoms with van der Waals surface area (Å²) in [6, 6.07) is -0.0610. The Morgan fingerprint density at radius 3 is 3.16 bits per heavy atom.